The van der Waals surface area contributed by atoms with Gasteiger partial charge in [-0.1, -0.05) is 19.8 Å². The Kier molecular flexibility index (Phi) is 4.99. The highest BCUT2D eigenvalue weighted by atomic mass is 16.1. The van der Waals surface area contributed by atoms with Crippen LogP contribution in [0.25, 0.3) is 0 Å². The lowest BCUT2D eigenvalue weighted by atomic mass is 9.83. The van der Waals surface area contributed by atoms with Crippen molar-refractivity contribution < 1.29 is 4.79 Å². The van der Waals surface area contributed by atoms with E-state index in [1.54, 1.807) is 12.3 Å². The summed E-state index contributed by atoms with van der Waals surface area (Å²) >= 11 is 0. The second kappa shape index (κ2) is 6.73. The van der Waals surface area contributed by atoms with Gasteiger partial charge in [0.2, 0.25) is 0 Å². The highest BCUT2D eigenvalue weighted by Gasteiger charge is 2.22. The minimum Gasteiger partial charge on any atom is -0.397 e. The van der Waals surface area contributed by atoms with Gasteiger partial charge in [-0.25, -0.2) is 0 Å². The van der Waals surface area contributed by atoms with E-state index in [1.165, 1.54) is 25.7 Å². The fraction of sp³-hybridized carbons (Fsp3) is 0.625. The zero-order valence-electron chi connectivity index (χ0n) is 12.5. The van der Waals surface area contributed by atoms with Crippen LogP contribution < -0.4 is 11.1 Å². The lowest BCUT2D eigenvalue weighted by Gasteiger charge is -2.29. The number of aromatic nitrogens is 1. The molecular weight excluding hydrogens is 250 g/mol. The molecular formula is C16H25N3O. The SMILES string of the molecule is CCCC1CCC(NC(=O)c2cc(N)cnc2C)CC1. The van der Waals surface area contributed by atoms with Gasteiger partial charge in [0.25, 0.3) is 5.91 Å². The summed E-state index contributed by atoms with van der Waals surface area (Å²) in [6.45, 7) is 4.08. The van der Waals surface area contributed by atoms with Gasteiger partial charge in [0.1, 0.15) is 0 Å². The van der Waals surface area contributed by atoms with Gasteiger partial charge < -0.3 is 11.1 Å². The number of pyridine rings is 1. The Hall–Kier alpha value is -1.58. The molecule has 0 aromatic carbocycles. The van der Waals surface area contributed by atoms with E-state index in [9.17, 15) is 4.79 Å². The van der Waals surface area contributed by atoms with Gasteiger partial charge >= 0.3 is 0 Å². The molecule has 1 aliphatic carbocycles. The van der Waals surface area contributed by atoms with Crippen LogP contribution in [0.15, 0.2) is 12.3 Å². The fourth-order valence-electron chi connectivity index (χ4n) is 3.05. The molecule has 0 atom stereocenters. The topological polar surface area (TPSA) is 68.0 Å². The third-order valence-corrected chi connectivity index (χ3v) is 4.23. The van der Waals surface area contributed by atoms with Crippen LogP contribution in [0.4, 0.5) is 5.69 Å². The predicted octanol–water partition coefficient (Wildman–Crippen LogP) is 3.06. The quantitative estimate of drug-likeness (QED) is 0.887. The third-order valence-electron chi connectivity index (χ3n) is 4.23. The van der Waals surface area contributed by atoms with Crippen LogP contribution in [-0.4, -0.2) is 16.9 Å². The number of hydrogen-bond acceptors (Lipinski definition) is 3. The second-order valence-electron chi connectivity index (χ2n) is 5.88. The molecule has 0 spiro atoms. The van der Waals surface area contributed by atoms with Gasteiger partial charge in [-0.3, -0.25) is 9.78 Å². The molecule has 1 saturated carbocycles. The Labute approximate surface area is 121 Å². The Morgan fingerprint density at radius 3 is 2.75 bits per heavy atom. The van der Waals surface area contributed by atoms with E-state index in [0.717, 1.165) is 24.5 Å². The molecule has 110 valence electrons. The van der Waals surface area contributed by atoms with Crippen molar-refractivity contribution in [2.24, 2.45) is 5.92 Å². The number of carbonyl (C=O) groups is 1. The van der Waals surface area contributed by atoms with Crippen molar-refractivity contribution in [3.8, 4) is 0 Å². The summed E-state index contributed by atoms with van der Waals surface area (Å²) in [5.74, 6) is 0.810. The van der Waals surface area contributed by atoms with Gasteiger partial charge in [-0.15, -0.1) is 0 Å². The van der Waals surface area contributed by atoms with Crippen molar-refractivity contribution in [3.05, 3.63) is 23.5 Å². The van der Waals surface area contributed by atoms with Gasteiger partial charge in [0.05, 0.1) is 23.1 Å². The molecule has 0 saturated heterocycles. The first-order chi connectivity index (χ1) is 9.60. The fourth-order valence-corrected chi connectivity index (χ4v) is 3.05. The van der Waals surface area contributed by atoms with Crippen molar-refractivity contribution in [1.29, 1.82) is 0 Å². The molecule has 0 aliphatic heterocycles. The van der Waals surface area contributed by atoms with E-state index in [1.807, 2.05) is 6.92 Å². The number of aryl methyl sites for hydroxylation is 1. The maximum atomic E-state index is 12.3. The number of amides is 1. The summed E-state index contributed by atoms with van der Waals surface area (Å²) in [6.07, 6.45) is 8.80. The average molecular weight is 275 g/mol. The predicted molar refractivity (Wildman–Crippen MR) is 81.5 cm³/mol. The van der Waals surface area contributed by atoms with Crippen LogP contribution >= 0.6 is 0 Å². The normalized spacial score (nSPS) is 22.5. The molecule has 0 bridgehead atoms. The molecule has 1 aromatic rings. The summed E-state index contributed by atoms with van der Waals surface area (Å²) in [7, 11) is 0. The third kappa shape index (κ3) is 3.71. The number of nitrogen functional groups attached to an aromatic ring is 1. The molecule has 4 heteroatoms. The number of nitrogens with zero attached hydrogens (tertiary/aromatic N) is 1. The maximum Gasteiger partial charge on any atom is 0.253 e. The zero-order valence-corrected chi connectivity index (χ0v) is 12.5. The highest BCUT2D eigenvalue weighted by molar-refractivity contribution is 5.96. The second-order valence-corrected chi connectivity index (χ2v) is 5.88. The van der Waals surface area contributed by atoms with Crippen molar-refractivity contribution in [3.63, 3.8) is 0 Å². The standard InChI is InChI=1S/C16H25N3O/c1-3-4-12-5-7-14(8-6-12)19-16(20)15-9-13(17)10-18-11(15)2/h9-10,12,14H,3-8,17H2,1-2H3,(H,19,20). The number of nitrogens with one attached hydrogen (secondary N) is 1. The Morgan fingerprint density at radius 1 is 1.40 bits per heavy atom. The van der Waals surface area contributed by atoms with Crippen LogP contribution in [0.3, 0.4) is 0 Å². The van der Waals surface area contributed by atoms with Gasteiger partial charge in [0.15, 0.2) is 0 Å². The maximum absolute atomic E-state index is 12.3. The van der Waals surface area contributed by atoms with Gasteiger partial charge in [-0.2, -0.15) is 0 Å². The molecule has 1 fully saturated rings. The highest BCUT2D eigenvalue weighted by Crippen LogP contribution is 2.27. The Bertz CT molecular complexity index is 465. The van der Waals surface area contributed by atoms with Gasteiger partial charge in [-0.05, 0) is 44.6 Å². The molecule has 4 nitrogen and oxygen atoms in total. The molecule has 0 radical (unpaired) electrons. The molecule has 1 aromatic heterocycles. The average Bonchev–Trinajstić information content (AvgIpc) is 2.44. The van der Waals surface area contributed by atoms with Crippen molar-refractivity contribution in [2.75, 3.05) is 5.73 Å². The first-order valence-corrected chi connectivity index (χ1v) is 7.63. The minimum atomic E-state index is -0.0405. The Balaban J connectivity index is 1.91. The molecule has 20 heavy (non-hydrogen) atoms. The van der Waals surface area contributed by atoms with Crippen LogP contribution in [-0.2, 0) is 0 Å². The Morgan fingerprint density at radius 2 is 2.10 bits per heavy atom. The smallest absolute Gasteiger partial charge is 0.253 e. The summed E-state index contributed by atoms with van der Waals surface area (Å²) in [4.78, 5) is 16.4. The van der Waals surface area contributed by atoms with Crippen molar-refractivity contribution >= 4 is 11.6 Å². The summed E-state index contributed by atoms with van der Waals surface area (Å²) in [5, 5.41) is 3.13. The monoisotopic (exact) mass is 275 g/mol. The van der Waals surface area contributed by atoms with E-state index in [0.29, 0.717) is 17.3 Å². The molecule has 1 heterocycles. The summed E-state index contributed by atoms with van der Waals surface area (Å²) in [6, 6.07) is 2.01. The first kappa shape index (κ1) is 14.8. The number of carbonyl (C=O) groups excluding carboxylic acids is 1. The molecule has 1 aliphatic rings. The van der Waals surface area contributed by atoms with Crippen LogP contribution in [0.5, 0.6) is 0 Å². The van der Waals surface area contributed by atoms with Crippen LogP contribution in [0.1, 0.15) is 61.5 Å². The molecule has 3 N–H and O–H groups in total. The van der Waals surface area contributed by atoms with E-state index in [2.05, 4.69) is 17.2 Å². The summed E-state index contributed by atoms with van der Waals surface area (Å²) < 4.78 is 0. The molecule has 1 amide bonds. The number of hydrogen-bond donors (Lipinski definition) is 2. The van der Waals surface area contributed by atoms with E-state index >= 15 is 0 Å². The van der Waals surface area contributed by atoms with E-state index in [4.69, 9.17) is 5.73 Å². The first-order valence-electron chi connectivity index (χ1n) is 7.63. The zero-order chi connectivity index (χ0) is 14.5. The summed E-state index contributed by atoms with van der Waals surface area (Å²) in [5.41, 5.74) is 7.57. The van der Waals surface area contributed by atoms with E-state index in [-0.39, 0.29) is 5.91 Å². The number of nitrogens with two attached hydrogens (primary N) is 1. The largest absolute Gasteiger partial charge is 0.397 e. The lowest BCUT2D eigenvalue weighted by Crippen LogP contribution is -2.38. The lowest BCUT2D eigenvalue weighted by molar-refractivity contribution is 0.0920. The minimum absolute atomic E-state index is 0.0405. The number of anilines is 1. The van der Waals surface area contributed by atoms with E-state index < -0.39 is 0 Å². The van der Waals surface area contributed by atoms with Crippen molar-refractivity contribution in [1.82, 2.24) is 10.3 Å². The number of rotatable bonds is 4. The molecule has 2 rings (SSSR count). The van der Waals surface area contributed by atoms with Gasteiger partial charge in [0, 0.05) is 6.04 Å². The van der Waals surface area contributed by atoms with Crippen LogP contribution in [0.2, 0.25) is 0 Å². The molecule has 0 unspecified atom stereocenters. The van der Waals surface area contributed by atoms with Crippen molar-refractivity contribution in [2.45, 2.75) is 58.4 Å². The van der Waals surface area contributed by atoms with Crippen LogP contribution in [0, 0.1) is 12.8 Å².